The smallest absolute Gasteiger partial charge is 0.167 e. The number of aliphatic hydroxyl groups excluding tert-OH is 1. The molecule has 0 spiro atoms. The average Bonchev–Trinajstić information content (AvgIpc) is 3.14. The topological polar surface area (TPSA) is 102 Å². The van der Waals surface area contributed by atoms with Crippen LogP contribution in [0.2, 0.25) is 0 Å². The minimum absolute atomic E-state index is 0.0153. The van der Waals surface area contributed by atoms with Crippen LogP contribution in [0, 0.1) is 0 Å². The van der Waals surface area contributed by atoms with Crippen LogP contribution in [-0.2, 0) is 9.53 Å². The maximum absolute atomic E-state index is 10.3. The number of hydrogen-bond acceptors (Lipinski definition) is 7. The van der Waals surface area contributed by atoms with Crippen molar-refractivity contribution in [3.05, 3.63) is 24.9 Å². The quantitative estimate of drug-likeness (QED) is 0.614. The van der Waals surface area contributed by atoms with Gasteiger partial charge < -0.3 is 15.2 Å². The van der Waals surface area contributed by atoms with E-state index in [1.807, 2.05) is 4.57 Å². The summed E-state index contributed by atoms with van der Waals surface area (Å²) in [7, 11) is 0. The fraction of sp³-hybridized carbons (Fsp3) is 0.385. The Morgan fingerprint density at radius 2 is 2.33 bits per heavy atom. The van der Waals surface area contributed by atoms with Crippen LogP contribution in [0.5, 0.6) is 0 Å². The van der Waals surface area contributed by atoms with E-state index in [1.54, 1.807) is 6.33 Å². The first-order valence-electron chi connectivity index (χ1n) is 6.64. The molecule has 0 aliphatic carbocycles. The minimum atomic E-state index is -0.180. The second-order valence-electron chi connectivity index (χ2n) is 4.66. The molecule has 1 fully saturated rings. The Hall–Kier alpha value is -2.32. The highest BCUT2D eigenvalue weighted by molar-refractivity contribution is 5.83. The zero-order valence-electron chi connectivity index (χ0n) is 11.2. The Balaban J connectivity index is 1.90. The van der Waals surface area contributed by atoms with Crippen molar-refractivity contribution >= 4 is 23.3 Å². The van der Waals surface area contributed by atoms with E-state index in [0.29, 0.717) is 23.3 Å². The summed E-state index contributed by atoms with van der Waals surface area (Å²) in [5.74, 6) is 0.522. The van der Waals surface area contributed by atoms with Gasteiger partial charge in [0.05, 0.1) is 19.0 Å². The van der Waals surface area contributed by atoms with E-state index < -0.39 is 0 Å². The fourth-order valence-corrected chi connectivity index (χ4v) is 2.36. The number of aldehydes is 1. The number of anilines is 1. The number of aromatic nitrogens is 4. The van der Waals surface area contributed by atoms with Gasteiger partial charge in [0.25, 0.3) is 0 Å². The van der Waals surface area contributed by atoms with Crippen LogP contribution in [-0.4, -0.2) is 43.6 Å². The first-order chi connectivity index (χ1) is 10.3. The average molecular weight is 289 g/mol. The summed E-state index contributed by atoms with van der Waals surface area (Å²) in [5, 5.41) is 12.0. The maximum Gasteiger partial charge on any atom is 0.167 e. The van der Waals surface area contributed by atoms with Crippen LogP contribution >= 0.6 is 0 Å². The molecule has 0 aromatic carbocycles. The molecule has 1 saturated heterocycles. The van der Waals surface area contributed by atoms with Crippen LogP contribution in [0.15, 0.2) is 24.9 Å². The zero-order valence-corrected chi connectivity index (χ0v) is 11.2. The summed E-state index contributed by atoms with van der Waals surface area (Å²) < 4.78 is 7.57. The highest BCUT2D eigenvalue weighted by Crippen LogP contribution is 2.30. The predicted molar refractivity (Wildman–Crippen MR) is 74.4 cm³/mol. The summed E-state index contributed by atoms with van der Waals surface area (Å²) in [4.78, 5) is 22.9. The van der Waals surface area contributed by atoms with E-state index in [2.05, 4.69) is 20.3 Å². The molecule has 2 aromatic rings. The Morgan fingerprint density at radius 1 is 1.43 bits per heavy atom. The van der Waals surface area contributed by atoms with Crippen LogP contribution in [0.1, 0.15) is 19.1 Å². The molecule has 21 heavy (non-hydrogen) atoms. The maximum atomic E-state index is 10.3. The van der Waals surface area contributed by atoms with Crippen molar-refractivity contribution in [3.8, 4) is 0 Å². The third-order valence-electron chi connectivity index (χ3n) is 3.35. The van der Waals surface area contributed by atoms with Gasteiger partial charge in [-0.25, -0.2) is 15.0 Å². The number of nitrogens with one attached hydrogen (secondary N) is 1. The Labute approximate surface area is 120 Å². The zero-order chi connectivity index (χ0) is 14.7. The normalized spacial score (nSPS) is 22.1. The van der Waals surface area contributed by atoms with Crippen LogP contribution in [0.25, 0.3) is 11.2 Å². The van der Waals surface area contributed by atoms with Gasteiger partial charge in [-0.15, -0.1) is 0 Å². The number of carbonyl (C=O) groups excluding carboxylic acids is 1. The van der Waals surface area contributed by atoms with E-state index in [0.717, 1.165) is 12.8 Å². The van der Waals surface area contributed by atoms with Gasteiger partial charge in [-0.05, 0) is 18.9 Å². The van der Waals surface area contributed by atoms with E-state index >= 15 is 0 Å². The number of aliphatic hydroxyl groups is 1. The second kappa shape index (κ2) is 5.98. The Bertz CT molecular complexity index is 669. The van der Waals surface area contributed by atoms with E-state index in [1.165, 1.54) is 18.6 Å². The molecular formula is C13H15N5O3. The second-order valence-corrected chi connectivity index (χ2v) is 4.66. The van der Waals surface area contributed by atoms with E-state index in [-0.39, 0.29) is 18.9 Å². The molecule has 2 N–H and O–H groups in total. The van der Waals surface area contributed by atoms with Crippen LogP contribution in [0.4, 0.5) is 5.82 Å². The van der Waals surface area contributed by atoms with Crippen molar-refractivity contribution in [1.29, 1.82) is 0 Å². The van der Waals surface area contributed by atoms with Crippen molar-refractivity contribution in [1.82, 2.24) is 19.5 Å². The van der Waals surface area contributed by atoms with Gasteiger partial charge in [-0.1, -0.05) is 0 Å². The van der Waals surface area contributed by atoms with Crippen molar-refractivity contribution < 1.29 is 14.6 Å². The molecular weight excluding hydrogens is 274 g/mol. The van der Waals surface area contributed by atoms with Gasteiger partial charge in [0.1, 0.15) is 18.8 Å². The molecule has 0 radical (unpaired) electrons. The molecule has 2 atom stereocenters. The monoisotopic (exact) mass is 289 g/mol. The number of ether oxygens (including phenoxy) is 1. The van der Waals surface area contributed by atoms with Gasteiger partial charge in [0.2, 0.25) is 0 Å². The van der Waals surface area contributed by atoms with Gasteiger partial charge >= 0.3 is 0 Å². The van der Waals surface area contributed by atoms with Gasteiger partial charge in [0.15, 0.2) is 17.0 Å². The summed E-state index contributed by atoms with van der Waals surface area (Å²) in [6.45, 7) is 0.0153. The molecule has 0 saturated carbocycles. The van der Waals surface area contributed by atoms with Crippen molar-refractivity contribution in [3.63, 3.8) is 0 Å². The molecule has 1 aliphatic heterocycles. The summed E-state index contributed by atoms with van der Waals surface area (Å²) in [6.07, 6.45) is 7.86. The van der Waals surface area contributed by atoms with Gasteiger partial charge in [-0.2, -0.15) is 0 Å². The summed E-state index contributed by atoms with van der Waals surface area (Å²) in [5.41, 5.74) is 1.25. The molecule has 2 aromatic heterocycles. The molecule has 1 aliphatic rings. The Kier molecular flexibility index (Phi) is 3.89. The predicted octanol–water partition coefficient (Wildman–Crippen LogP) is 0.621. The van der Waals surface area contributed by atoms with E-state index in [4.69, 9.17) is 9.84 Å². The third-order valence-corrected chi connectivity index (χ3v) is 3.35. The molecule has 8 heteroatoms. The number of imidazole rings is 1. The lowest BCUT2D eigenvalue weighted by Crippen LogP contribution is -2.14. The number of carbonyl (C=O) groups is 1. The number of allylic oxidation sites excluding steroid dienone is 1. The van der Waals surface area contributed by atoms with Crippen LogP contribution in [0.3, 0.4) is 0 Å². The Morgan fingerprint density at radius 3 is 3.10 bits per heavy atom. The number of nitrogens with zero attached hydrogens (tertiary/aromatic N) is 4. The number of hydrogen-bond donors (Lipinski definition) is 2. The number of rotatable bonds is 5. The summed E-state index contributed by atoms with van der Waals surface area (Å²) in [6, 6.07) is 0. The molecule has 0 bridgehead atoms. The van der Waals surface area contributed by atoms with Crippen molar-refractivity contribution in [2.45, 2.75) is 25.2 Å². The first-order valence-corrected chi connectivity index (χ1v) is 6.64. The largest absolute Gasteiger partial charge is 0.394 e. The highest BCUT2D eigenvalue weighted by Gasteiger charge is 2.27. The van der Waals surface area contributed by atoms with Crippen molar-refractivity contribution in [2.24, 2.45) is 0 Å². The molecule has 110 valence electrons. The lowest BCUT2D eigenvalue weighted by atomic mass is 10.2. The fourth-order valence-electron chi connectivity index (χ4n) is 2.36. The number of fused-ring (bicyclic) bond motifs is 1. The third kappa shape index (κ3) is 2.63. The SMILES string of the molecule is O=C/C=C/Nc1ncnc2c1ncn2[C@H]1CC[C@@H](CO)O1. The highest BCUT2D eigenvalue weighted by atomic mass is 16.5. The molecule has 8 nitrogen and oxygen atoms in total. The lowest BCUT2D eigenvalue weighted by Gasteiger charge is -2.13. The minimum Gasteiger partial charge on any atom is -0.394 e. The van der Waals surface area contributed by atoms with Crippen molar-refractivity contribution in [2.75, 3.05) is 11.9 Å². The van der Waals surface area contributed by atoms with Gasteiger partial charge in [0, 0.05) is 6.20 Å². The van der Waals surface area contributed by atoms with Gasteiger partial charge in [-0.3, -0.25) is 9.36 Å². The van der Waals surface area contributed by atoms with E-state index in [9.17, 15) is 4.79 Å². The lowest BCUT2D eigenvalue weighted by molar-refractivity contribution is -0.104. The van der Waals surface area contributed by atoms with Crippen LogP contribution < -0.4 is 5.32 Å². The first kappa shape index (κ1) is 13.7. The standard InChI is InChI=1S/C13H15N5O3/c19-5-1-4-14-12-11-13(16-7-15-12)18(8-17-11)10-3-2-9(6-20)21-10/h1,4-5,7-10,20H,2-3,6H2,(H,14,15,16)/b4-1+/t9-,10+/m0/s1. The molecule has 0 amide bonds. The molecule has 3 heterocycles. The molecule has 3 rings (SSSR count). The summed E-state index contributed by atoms with van der Waals surface area (Å²) >= 11 is 0. The molecule has 0 unspecified atom stereocenters.